The molecule has 0 aliphatic carbocycles. The highest BCUT2D eigenvalue weighted by Gasteiger charge is 2.16. The summed E-state index contributed by atoms with van der Waals surface area (Å²) >= 11 is 9.56. The average molecular weight is 499 g/mol. The lowest BCUT2D eigenvalue weighted by Gasteiger charge is -2.13. The van der Waals surface area contributed by atoms with Crippen LogP contribution in [0.5, 0.6) is 0 Å². The van der Waals surface area contributed by atoms with Crippen molar-refractivity contribution in [2.45, 2.75) is 33.1 Å². The molecule has 1 atom stereocenters. The molecule has 4 rings (SSSR count). The van der Waals surface area contributed by atoms with E-state index in [-0.39, 0.29) is 11.5 Å². The molecule has 7 heteroatoms. The van der Waals surface area contributed by atoms with E-state index in [1.807, 2.05) is 56.3 Å². The van der Waals surface area contributed by atoms with Crippen LogP contribution >= 0.6 is 27.5 Å². The molecule has 0 unspecified atom stereocenters. The zero-order valence-electron chi connectivity index (χ0n) is 17.4. The first-order valence-electron chi connectivity index (χ1n) is 10.00. The van der Waals surface area contributed by atoms with Gasteiger partial charge in [-0.3, -0.25) is 4.79 Å². The smallest absolute Gasteiger partial charge is 0.282 e. The van der Waals surface area contributed by atoms with Crippen LogP contribution in [0.15, 0.2) is 67.3 Å². The van der Waals surface area contributed by atoms with Crippen LogP contribution < -0.4 is 5.56 Å². The average Bonchev–Trinajstić information content (AvgIpc) is 3.23. The first-order chi connectivity index (χ1) is 14.9. The predicted octanol–water partition coefficient (Wildman–Crippen LogP) is 6.78. The SMILES string of the molecule is CC[C@H](C)c1nc2ccc(Br)cc2c(=O)n1N=Cc1ccc(-c2cc(Cl)ccc2C)o1. The Morgan fingerprint density at radius 2 is 2.03 bits per heavy atom. The highest BCUT2D eigenvalue weighted by atomic mass is 79.9. The van der Waals surface area contributed by atoms with Gasteiger partial charge in [0.1, 0.15) is 17.3 Å². The third-order valence-corrected chi connectivity index (χ3v) is 6.01. The summed E-state index contributed by atoms with van der Waals surface area (Å²) in [5.41, 5.74) is 2.42. The van der Waals surface area contributed by atoms with Crippen molar-refractivity contribution in [3.63, 3.8) is 0 Å². The Bertz CT molecular complexity index is 1360. The normalized spacial score (nSPS) is 12.7. The number of aromatic nitrogens is 2. The number of halogens is 2. The number of benzene rings is 2. The molecule has 2 heterocycles. The fourth-order valence-electron chi connectivity index (χ4n) is 3.32. The third kappa shape index (κ3) is 4.36. The van der Waals surface area contributed by atoms with Crippen LogP contribution in [-0.4, -0.2) is 15.9 Å². The van der Waals surface area contributed by atoms with Crippen LogP contribution in [0.4, 0.5) is 0 Å². The van der Waals surface area contributed by atoms with E-state index < -0.39 is 0 Å². The van der Waals surface area contributed by atoms with Crippen LogP contribution in [0, 0.1) is 6.92 Å². The van der Waals surface area contributed by atoms with Crippen molar-refractivity contribution in [2.75, 3.05) is 0 Å². The molecule has 5 nitrogen and oxygen atoms in total. The first kappa shape index (κ1) is 21.5. The molecule has 0 N–H and O–H groups in total. The second-order valence-electron chi connectivity index (χ2n) is 7.46. The molecule has 4 aromatic rings. The first-order valence-corrected chi connectivity index (χ1v) is 11.2. The summed E-state index contributed by atoms with van der Waals surface area (Å²) in [6.07, 6.45) is 2.38. The van der Waals surface area contributed by atoms with Crippen LogP contribution in [0.25, 0.3) is 22.2 Å². The molecule has 0 radical (unpaired) electrons. The predicted molar refractivity (Wildman–Crippen MR) is 129 cm³/mol. The van der Waals surface area contributed by atoms with Gasteiger partial charge in [0.25, 0.3) is 5.56 Å². The fourth-order valence-corrected chi connectivity index (χ4v) is 3.85. The standard InChI is InChI=1S/C24H21BrClN3O2/c1-4-14(2)23-28-21-9-6-16(25)11-20(21)24(30)29(23)27-13-18-8-10-22(31-18)19-12-17(26)7-5-15(19)3/h5-14H,4H2,1-3H3/t14-/m0/s1. The van der Waals surface area contributed by atoms with Crippen LogP contribution in [-0.2, 0) is 0 Å². The van der Waals surface area contributed by atoms with Crippen molar-refractivity contribution in [2.24, 2.45) is 5.10 Å². The highest BCUT2D eigenvalue weighted by Crippen LogP contribution is 2.28. The Kier molecular flexibility index (Phi) is 6.12. The van der Waals surface area contributed by atoms with Crippen molar-refractivity contribution in [1.82, 2.24) is 9.66 Å². The lowest BCUT2D eigenvalue weighted by molar-refractivity contribution is 0.571. The molecule has 0 amide bonds. The molecular formula is C24H21BrClN3O2. The third-order valence-electron chi connectivity index (χ3n) is 5.28. The van der Waals surface area contributed by atoms with E-state index in [4.69, 9.17) is 21.0 Å². The Morgan fingerprint density at radius 1 is 1.23 bits per heavy atom. The van der Waals surface area contributed by atoms with Crippen molar-refractivity contribution in [1.29, 1.82) is 0 Å². The fraction of sp³-hybridized carbons (Fsp3) is 0.208. The summed E-state index contributed by atoms with van der Waals surface area (Å²) in [5.74, 6) is 1.91. The molecule has 31 heavy (non-hydrogen) atoms. The molecule has 0 spiro atoms. The van der Waals surface area contributed by atoms with Gasteiger partial charge in [0.2, 0.25) is 0 Å². The Labute approximate surface area is 193 Å². The Balaban J connectivity index is 1.78. The number of nitrogens with zero attached hydrogens (tertiary/aromatic N) is 3. The number of aryl methyl sites for hydroxylation is 1. The van der Waals surface area contributed by atoms with Crippen LogP contribution in [0.1, 0.15) is 43.3 Å². The summed E-state index contributed by atoms with van der Waals surface area (Å²) < 4.78 is 8.14. The summed E-state index contributed by atoms with van der Waals surface area (Å²) in [4.78, 5) is 17.9. The molecular weight excluding hydrogens is 478 g/mol. The minimum absolute atomic E-state index is 0.0687. The molecule has 0 aliphatic heterocycles. The Morgan fingerprint density at radius 3 is 2.81 bits per heavy atom. The Hall–Kier alpha value is -2.70. The monoisotopic (exact) mass is 497 g/mol. The van der Waals surface area contributed by atoms with Gasteiger partial charge in [0, 0.05) is 21.0 Å². The lowest BCUT2D eigenvalue weighted by Crippen LogP contribution is -2.23. The van der Waals surface area contributed by atoms with Gasteiger partial charge in [-0.05, 0) is 61.4 Å². The van der Waals surface area contributed by atoms with Gasteiger partial charge in [-0.2, -0.15) is 9.78 Å². The van der Waals surface area contributed by atoms with E-state index in [0.717, 1.165) is 22.0 Å². The maximum Gasteiger partial charge on any atom is 0.282 e. The number of furan rings is 1. The molecule has 0 saturated heterocycles. The minimum Gasteiger partial charge on any atom is -0.455 e. The van der Waals surface area contributed by atoms with Crippen molar-refractivity contribution < 1.29 is 4.42 Å². The zero-order valence-corrected chi connectivity index (χ0v) is 19.7. The van der Waals surface area contributed by atoms with E-state index in [2.05, 4.69) is 28.0 Å². The summed E-state index contributed by atoms with van der Waals surface area (Å²) in [6.45, 7) is 6.09. The minimum atomic E-state index is -0.213. The van der Waals surface area contributed by atoms with Gasteiger partial charge in [-0.15, -0.1) is 0 Å². The van der Waals surface area contributed by atoms with Gasteiger partial charge in [-0.25, -0.2) is 4.98 Å². The maximum atomic E-state index is 13.2. The molecule has 2 aromatic carbocycles. The van der Waals surface area contributed by atoms with E-state index in [1.54, 1.807) is 12.3 Å². The van der Waals surface area contributed by atoms with Crippen molar-refractivity contribution >= 4 is 44.6 Å². The van der Waals surface area contributed by atoms with Crippen molar-refractivity contribution in [3.8, 4) is 11.3 Å². The molecule has 2 aromatic heterocycles. The molecule has 158 valence electrons. The van der Waals surface area contributed by atoms with Crippen LogP contribution in [0.2, 0.25) is 5.02 Å². The molecule has 0 saturated carbocycles. The largest absolute Gasteiger partial charge is 0.455 e. The van der Waals surface area contributed by atoms with E-state index in [1.165, 1.54) is 4.68 Å². The van der Waals surface area contributed by atoms with Gasteiger partial charge < -0.3 is 4.42 Å². The van der Waals surface area contributed by atoms with Crippen molar-refractivity contribution in [3.05, 3.63) is 85.5 Å². The van der Waals surface area contributed by atoms with Gasteiger partial charge >= 0.3 is 0 Å². The summed E-state index contributed by atoms with van der Waals surface area (Å²) in [7, 11) is 0. The molecule has 0 bridgehead atoms. The maximum absolute atomic E-state index is 13.2. The van der Waals surface area contributed by atoms with Gasteiger partial charge in [0.15, 0.2) is 0 Å². The second kappa shape index (κ2) is 8.81. The highest BCUT2D eigenvalue weighted by molar-refractivity contribution is 9.10. The van der Waals surface area contributed by atoms with Crippen LogP contribution in [0.3, 0.4) is 0 Å². The zero-order chi connectivity index (χ0) is 22.1. The summed E-state index contributed by atoms with van der Waals surface area (Å²) in [6, 6.07) is 14.8. The van der Waals surface area contributed by atoms with Gasteiger partial charge in [-0.1, -0.05) is 47.4 Å². The quantitative estimate of drug-likeness (QED) is 0.285. The topological polar surface area (TPSA) is 60.4 Å². The lowest BCUT2D eigenvalue weighted by atomic mass is 10.1. The number of hydrogen-bond acceptors (Lipinski definition) is 4. The van der Waals surface area contributed by atoms with E-state index >= 15 is 0 Å². The summed E-state index contributed by atoms with van der Waals surface area (Å²) in [5, 5.41) is 5.60. The van der Waals surface area contributed by atoms with E-state index in [0.29, 0.717) is 33.3 Å². The molecule has 0 aliphatic rings. The number of fused-ring (bicyclic) bond motifs is 1. The van der Waals surface area contributed by atoms with Gasteiger partial charge in [0.05, 0.1) is 17.1 Å². The molecule has 0 fully saturated rings. The van der Waals surface area contributed by atoms with E-state index in [9.17, 15) is 4.79 Å². The number of rotatable bonds is 5. The number of hydrogen-bond donors (Lipinski definition) is 0. The second-order valence-corrected chi connectivity index (χ2v) is 8.82.